The minimum Gasteiger partial charge on any atom is -0.497 e. The van der Waals surface area contributed by atoms with Gasteiger partial charge in [-0.1, -0.05) is 19.1 Å². The zero-order valence-electron chi connectivity index (χ0n) is 12.8. The summed E-state index contributed by atoms with van der Waals surface area (Å²) in [6, 6.07) is 10.1. The lowest BCUT2D eigenvalue weighted by Gasteiger charge is -2.24. The maximum atomic E-state index is 10.5. The molecule has 0 aliphatic heterocycles. The van der Waals surface area contributed by atoms with Gasteiger partial charge < -0.3 is 15.2 Å². The zero-order chi connectivity index (χ0) is 15.3. The van der Waals surface area contributed by atoms with E-state index in [1.165, 1.54) is 5.56 Å². The van der Waals surface area contributed by atoms with Gasteiger partial charge in [-0.15, -0.1) is 0 Å². The van der Waals surface area contributed by atoms with Gasteiger partial charge in [0.25, 0.3) is 0 Å². The molecule has 2 rings (SSSR count). The van der Waals surface area contributed by atoms with Crippen molar-refractivity contribution in [3.05, 3.63) is 52.2 Å². The standard InChI is InChI=1S/C17H23NO2S/c1-13(14-4-6-16(20-3)7-5-14)10-18-12-17(2,19)15-8-9-21-11-15/h4-9,11,13,18-19H,10,12H2,1-3H3. The van der Waals surface area contributed by atoms with Gasteiger partial charge in [0.05, 0.1) is 12.7 Å². The van der Waals surface area contributed by atoms with Gasteiger partial charge in [-0.3, -0.25) is 0 Å². The SMILES string of the molecule is COc1ccc(C(C)CNCC(C)(O)c2ccsc2)cc1. The summed E-state index contributed by atoms with van der Waals surface area (Å²) in [5.74, 6) is 1.26. The van der Waals surface area contributed by atoms with Crippen LogP contribution in [0.4, 0.5) is 0 Å². The minimum absolute atomic E-state index is 0.384. The van der Waals surface area contributed by atoms with Crippen LogP contribution in [0, 0.1) is 0 Å². The molecular formula is C17H23NO2S. The lowest BCUT2D eigenvalue weighted by Crippen LogP contribution is -2.36. The molecule has 2 unspecified atom stereocenters. The molecular weight excluding hydrogens is 282 g/mol. The molecule has 0 radical (unpaired) electrons. The first-order valence-electron chi connectivity index (χ1n) is 7.12. The van der Waals surface area contributed by atoms with Crippen molar-refractivity contribution < 1.29 is 9.84 Å². The van der Waals surface area contributed by atoms with Crippen LogP contribution in [0.1, 0.15) is 30.9 Å². The Balaban J connectivity index is 1.85. The molecule has 0 amide bonds. The van der Waals surface area contributed by atoms with E-state index in [2.05, 4.69) is 24.4 Å². The highest BCUT2D eigenvalue weighted by Crippen LogP contribution is 2.23. The third-order valence-electron chi connectivity index (χ3n) is 3.75. The summed E-state index contributed by atoms with van der Waals surface area (Å²) >= 11 is 1.61. The number of ether oxygens (including phenoxy) is 1. The van der Waals surface area contributed by atoms with E-state index < -0.39 is 5.60 Å². The van der Waals surface area contributed by atoms with Crippen molar-refractivity contribution in [2.75, 3.05) is 20.2 Å². The maximum Gasteiger partial charge on any atom is 0.118 e. The summed E-state index contributed by atoms with van der Waals surface area (Å²) < 4.78 is 5.17. The van der Waals surface area contributed by atoms with Crippen LogP contribution in [0.3, 0.4) is 0 Å². The number of aliphatic hydroxyl groups is 1. The molecule has 1 heterocycles. The molecule has 1 aromatic heterocycles. The Hall–Kier alpha value is -1.36. The molecule has 21 heavy (non-hydrogen) atoms. The first-order valence-corrected chi connectivity index (χ1v) is 8.07. The highest BCUT2D eigenvalue weighted by atomic mass is 32.1. The van der Waals surface area contributed by atoms with Gasteiger partial charge in [-0.05, 0) is 52.9 Å². The van der Waals surface area contributed by atoms with E-state index in [0.29, 0.717) is 12.5 Å². The van der Waals surface area contributed by atoms with Gasteiger partial charge >= 0.3 is 0 Å². The van der Waals surface area contributed by atoms with E-state index >= 15 is 0 Å². The van der Waals surface area contributed by atoms with E-state index in [-0.39, 0.29) is 0 Å². The Labute approximate surface area is 130 Å². The summed E-state index contributed by atoms with van der Waals surface area (Å²) in [6.45, 7) is 5.39. The third kappa shape index (κ3) is 4.30. The smallest absolute Gasteiger partial charge is 0.118 e. The Morgan fingerprint density at radius 3 is 2.57 bits per heavy atom. The fourth-order valence-electron chi connectivity index (χ4n) is 2.26. The van der Waals surface area contributed by atoms with E-state index in [4.69, 9.17) is 4.74 Å². The summed E-state index contributed by atoms with van der Waals surface area (Å²) in [4.78, 5) is 0. The number of rotatable bonds is 7. The second-order valence-corrected chi connectivity index (χ2v) is 6.37. The number of nitrogens with one attached hydrogen (secondary N) is 1. The molecule has 114 valence electrons. The quantitative estimate of drug-likeness (QED) is 0.824. The lowest BCUT2D eigenvalue weighted by molar-refractivity contribution is 0.0573. The van der Waals surface area contributed by atoms with Crippen molar-refractivity contribution in [1.29, 1.82) is 0 Å². The number of thiophene rings is 1. The van der Waals surface area contributed by atoms with E-state index in [9.17, 15) is 5.11 Å². The van der Waals surface area contributed by atoms with Crippen LogP contribution in [-0.2, 0) is 5.60 Å². The average molecular weight is 305 g/mol. The van der Waals surface area contributed by atoms with Crippen LogP contribution in [0.5, 0.6) is 5.75 Å². The number of methoxy groups -OCH3 is 1. The molecule has 4 heteroatoms. The van der Waals surface area contributed by atoms with Gasteiger partial charge in [0, 0.05) is 13.1 Å². The van der Waals surface area contributed by atoms with Gasteiger partial charge in [0.1, 0.15) is 5.75 Å². The van der Waals surface area contributed by atoms with Crippen LogP contribution in [-0.4, -0.2) is 25.3 Å². The monoisotopic (exact) mass is 305 g/mol. The number of hydrogen-bond acceptors (Lipinski definition) is 4. The molecule has 0 aliphatic rings. The lowest BCUT2D eigenvalue weighted by atomic mass is 9.98. The maximum absolute atomic E-state index is 10.5. The van der Waals surface area contributed by atoms with Crippen molar-refractivity contribution in [3.8, 4) is 5.75 Å². The van der Waals surface area contributed by atoms with E-state index in [0.717, 1.165) is 17.9 Å². The second kappa shape index (κ2) is 7.07. The first kappa shape index (κ1) is 16.0. The van der Waals surface area contributed by atoms with Crippen molar-refractivity contribution >= 4 is 11.3 Å². The fraction of sp³-hybridized carbons (Fsp3) is 0.412. The average Bonchev–Trinajstić information content (AvgIpc) is 3.02. The third-order valence-corrected chi connectivity index (χ3v) is 4.43. The second-order valence-electron chi connectivity index (χ2n) is 5.59. The topological polar surface area (TPSA) is 41.5 Å². The molecule has 0 bridgehead atoms. The van der Waals surface area contributed by atoms with Gasteiger partial charge in [0.15, 0.2) is 0 Å². The Bertz CT molecular complexity index is 534. The summed E-state index contributed by atoms with van der Waals surface area (Å²) in [7, 11) is 1.67. The van der Waals surface area contributed by atoms with Crippen molar-refractivity contribution in [2.45, 2.75) is 25.4 Å². The highest BCUT2D eigenvalue weighted by molar-refractivity contribution is 7.08. The van der Waals surface area contributed by atoms with Gasteiger partial charge in [-0.25, -0.2) is 0 Å². The van der Waals surface area contributed by atoms with Crippen molar-refractivity contribution in [2.24, 2.45) is 0 Å². The Morgan fingerprint density at radius 2 is 2.00 bits per heavy atom. The molecule has 0 saturated heterocycles. The molecule has 0 spiro atoms. The first-order chi connectivity index (χ1) is 10.0. The minimum atomic E-state index is -0.820. The molecule has 2 aromatic rings. The number of hydrogen-bond donors (Lipinski definition) is 2. The molecule has 3 nitrogen and oxygen atoms in total. The van der Waals surface area contributed by atoms with Crippen LogP contribution < -0.4 is 10.1 Å². The highest BCUT2D eigenvalue weighted by Gasteiger charge is 2.23. The molecule has 0 saturated carbocycles. The summed E-state index contributed by atoms with van der Waals surface area (Å²) in [6.07, 6.45) is 0. The van der Waals surface area contributed by atoms with Crippen LogP contribution >= 0.6 is 11.3 Å². The molecule has 2 atom stereocenters. The molecule has 2 N–H and O–H groups in total. The van der Waals surface area contributed by atoms with Crippen LogP contribution in [0.2, 0.25) is 0 Å². The Kier molecular flexibility index (Phi) is 5.39. The fourth-order valence-corrected chi connectivity index (χ4v) is 3.04. The van der Waals surface area contributed by atoms with Crippen molar-refractivity contribution in [3.63, 3.8) is 0 Å². The largest absolute Gasteiger partial charge is 0.497 e. The van der Waals surface area contributed by atoms with Crippen molar-refractivity contribution in [1.82, 2.24) is 5.32 Å². The predicted molar refractivity (Wildman–Crippen MR) is 88.2 cm³/mol. The molecule has 0 fully saturated rings. The summed E-state index contributed by atoms with van der Waals surface area (Å²) in [5, 5.41) is 17.8. The zero-order valence-corrected chi connectivity index (χ0v) is 13.6. The summed E-state index contributed by atoms with van der Waals surface area (Å²) in [5.41, 5.74) is 1.41. The molecule has 1 aromatic carbocycles. The van der Waals surface area contributed by atoms with Crippen LogP contribution in [0.15, 0.2) is 41.1 Å². The van der Waals surface area contributed by atoms with E-state index in [1.807, 2.05) is 35.9 Å². The van der Waals surface area contributed by atoms with Crippen LogP contribution in [0.25, 0.3) is 0 Å². The van der Waals surface area contributed by atoms with Gasteiger partial charge in [-0.2, -0.15) is 11.3 Å². The van der Waals surface area contributed by atoms with E-state index in [1.54, 1.807) is 18.4 Å². The predicted octanol–water partition coefficient (Wildman–Crippen LogP) is 3.36. The van der Waals surface area contributed by atoms with Gasteiger partial charge in [0.2, 0.25) is 0 Å². The molecule has 0 aliphatic carbocycles. The number of benzene rings is 1. The Morgan fingerprint density at radius 1 is 1.29 bits per heavy atom. The normalized spacial score (nSPS) is 15.4.